The van der Waals surface area contributed by atoms with Crippen LogP contribution in [0, 0.1) is 6.92 Å². The quantitative estimate of drug-likeness (QED) is 0.769. The maximum atomic E-state index is 5.41. The second-order valence-corrected chi connectivity index (χ2v) is 4.24. The van der Waals surface area contributed by atoms with E-state index in [4.69, 9.17) is 8.94 Å². The molecular formula is C10H14N6O2. The molecule has 0 aliphatic heterocycles. The van der Waals surface area contributed by atoms with Crippen LogP contribution in [-0.2, 0) is 13.1 Å². The van der Waals surface area contributed by atoms with Crippen LogP contribution < -0.4 is 10.6 Å². The Labute approximate surface area is 103 Å². The molecule has 8 heteroatoms. The van der Waals surface area contributed by atoms with Crippen LogP contribution in [0.4, 0.5) is 6.01 Å². The van der Waals surface area contributed by atoms with Crippen molar-refractivity contribution in [2.24, 2.45) is 0 Å². The van der Waals surface area contributed by atoms with Crippen LogP contribution >= 0.6 is 0 Å². The first-order valence-electron chi connectivity index (χ1n) is 5.88. The highest BCUT2D eigenvalue weighted by atomic mass is 16.5. The Kier molecular flexibility index (Phi) is 2.93. The van der Waals surface area contributed by atoms with Crippen molar-refractivity contribution in [2.75, 3.05) is 5.32 Å². The lowest BCUT2D eigenvalue weighted by Gasteiger charge is -1.96. The average molecular weight is 250 g/mol. The maximum absolute atomic E-state index is 5.41. The lowest BCUT2D eigenvalue weighted by molar-refractivity contribution is 0.388. The Bertz CT molecular complexity index is 518. The molecule has 1 saturated carbocycles. The predicted octanol–water partition coefficient (Wildman–Crippen LogP) is 0.625. The fraction of sp³-hybridized carbons (Fsp3) is 0.600. The topological polar surface area (TPSA) is 102 Å². The van der Waals surface area contributed by atoms with Gasteiger partial charge in [-0.1, -0.05) is 10.3 Å². The van der Waals surface area contributed by atoms with Gasteiger partial charge in [0.1, 0.15) is 0 Å². The van der Waals surface area contributed by atoms with Gasteiger partial charge in [0.15, 0.2) is 5.82 Å². The van der Waals surface area contributed by atoms with E-state index >= 15 is 0 Å². The smallest absolute Gasteiger partial charge is 0.315 e. The van der Waals surface area contributed by atoms with Gasteiger partial charge in [0, 0.05) is 13.0 Å². The Morgan fingerprint density at radius 3 is 2.89 bits per heavy atom. The molecule has 0 saturated heterocycles. The summed E-state index contributed by atoms with van der Waals surface area (Å²) in [6, 6.07) is 0.987. The molecule has 0 spiro atoms. The minimum atomic E-state index is 0.366. The molecule has 2 N–H and O–H groups in total. The SMILES string of the molecule is Cc1nc(CNc2nnc(CNC3CC3)o2)no1. The van der Waals surface area contributed by atoms with Crippen LogP contribution in [0.1, 0.15) is 30.4 Å². The van der Waals surface area contributed by atoms with Crippen molar-refractivity contribution >= 4 is 6.01 Å². The minimum Gasteiger partial charge on any atom is -0.407 e. The molecule has 2 aromatic heterocycles. The monoisotopic (exact) mass is 250 g/mol. The molecule has 0 aromatic carbocycles. The van der Waals surface area contributed by atoms with Crippen molar-refractivity contribution in [1.29, 1.82) is 0 Å². The van der Waals surface area contributed by atoms with Gasteiger partial charge in [0.25, 0.3) is 0 Å². The molecule has 0 radical (unpaired) electrons. The van der Waals surface area contributed by atoms with Crippen molar-refractivity contribution in [3.8, 4) is 0 Å². The molecule has 1 fully saturated rings. The van der Waals surface area contributed by atoms with Crippen LogP contribution in [0.5, 0.6) is 0 Å². The Balaban J connectivity index is 1.49. The van der Waals surface area contributed by atoms with Gasteiger partial charge in [-0.15, -0.1) is 5.10 Å². The van der Waals surface area contributed by atoms with Gasteiger partial charge in [-0.3, -0.25) is 0 Å². The van der Waals surface area contributed by atoms with Crippen molar-refractivity contribution in [3.05, 3.63) is 17.6 Å². The van der Waals surface area contributed by atoms with Gasteiger partial charge in [-0.25, -0.2) is 0 Å². The van der Waals surface area contributed by atoms with E-state index in [1.807, 2.05) is 0 Å². The third kappa shape index (κ3) is 2.83. The zero-order valence-electron chi connectivity index (χ0n) is 10.0. The van der Waals surface area contributed by atoms with E-state index in [1.165, 1.54) is 12.8 Å². The van der Waals surface area contributed by atoms with Crippen molar-refractivity contribution in [3.63, 3.8) is 0 Å². The lowest BCUT2D eigenvalue weighted by Crippen LogP contribution is -2.15. The fourth-order valence-electron chi connectivity index (χ4n) is 1.48. The summed E-state index contributed by atoms with van der Waals surface area (Å²) in [5.74, 6) is 1.67. The zero-order valence-corrected chi connectivity index (χ0v) is 10.0. The summed E-state index contributed by atoms with van der Waals surface area (Å²) in [7, 11) is 0. The summed E-state index contributed by atoms with van der Waals surface area (Å²) in [5.41, 5.74) is 0. The van der Waals surface area contributed by atoms with Crippen LogP contribution in [0.25, 0.3) is 0 Å². The van der Waals surface area contributed by atoms with Gasteiger partial charge >= 0.3 is 6.01 Å². The van der Waals surface area contributed by atoms with Crippen molar-refractivity contribution in [1.82, 2.24) is 25.7 Å². The largest absolute Gasteiger partial charge is 0.407 e. The molecule has 2 heterocycles. The molecule has 1 aliphatic carbocycles. The predicted molar refractivity (Wildman–Crippen MR) is 60.5 cm³/mol. The van der Waals surface area contributed by atoms with Crippen LogP contribution in [0.3, 0.4) is 0 Å². The van der Waals surface area contributed by atoms with E-state index in [2.05, 4.69) is 31.0 Å². The first kappa shape index (κ1) is 11.1. The maximum Gasteiger partial charge on any atom is 0.315 e. The highest BCUT2D eigenvalue weighted by Gasteiger charge is 2.21. The number of nitrogens with one attached hydrogen (secondary N) is 2. The Morgan fingerprint density at radius 1 is 1.28 bits per heavy atom. The molecule has 2 aromatic rings. The minimum absolute atomic E-state index is 0.366. The third-order valence-corrected chi connectivity index (χ3v) is 2.55. The van der Waals surface area contributed by atoms with Gasteiger partial charge in [0.05, 0.1) is 13.1 Å². The Hall–Kier alpha value is -1.96. The van der Waals surface area contributed by atoms with Crippen molar-refractivity contribution in [2.45, 2.75) is 38.9 Å². The number of aryl methyl sites for hydroxylation is 1. The number of aromatic nitrogens is 4. The van der Waals surface area contributed by atoms with Gasteiger partial charge in [-0.2, -0.15) is 4.98 Å². The van der Waals surface area contributed by atoms with E-state index in [-0.39, 0.29) is 0 Å². The molecule has 3 rings (SSSR count). The summed E-state index contributed by atoms with van der Waals surface area (Å²) >= 11 is 0. The number of nitrogens with zero attached hydrogens (tertiary/aromatic N) is 4. The first-order valence-corrected chi connectivity index (χ1v) is 5.88. The number of hydrogen-bond donors (Lipinski definition) is 2. The molecule has 8 nitrogen and oxygen atoms in total. The summed E-state index contributed by atoms with van der Waals surface area (Å²) in [6.45, 7) is 2.75. The van der Waals surface area contributed by atoms with Gasteiger partial charge in [0.2, 0.25) is 11.8 Å². The molecule has 0 unspecified atom stereocenters. The summed E-state index contributed by atoms with van der Waals surface area (Å²) in [4.78, 5) is 4.06. The normalized spacial score (nSPS) is 14.9. The lowest BCUT2D eigenvalue weighted by atomic mass is 10.6. The van der Waals surface area contributed by atoms with E-state index in [9.17, 15) is 0 Å². The van der Waals surface area contributed by atoms with E-state index < -0.39 is 0 Å². The van der Waals surface area contributed by atoms with E-state index in [0.29, 0.717) is 42.8 Å². The number of rotatable bonds is 6. The van der Waals surface area contributed by atoms with Gasteiger partial charge < -0.3 is 19.6 Å². The van der Waals surface area contributed by atoms with Crippen molar-refractivity contribution < 1.29 is 8.94 Å². The average Bonchev–Trinajstić information content (AvgIpc) is 2.93. The molecule has 96 valence electrons. The molecule has 1 aliphatic rings. The second-order valence-electron chi connectivity index (χ2n) is 4.24. The Morgan fingerprint density at radius 2 is 2.17 bits per heavy atom. The highest BCUT2D eigenvalue weighted by Crippen LogP contribution is 2.19. The molecule has 0 bridgehead atoms. The molecule has 0 amide bonds. The fourth-order valence-corrected chi connectivity index (χ4v) is 1.48. The number of anilines is 1. The molecular weight excluding hydrogens is 236 g/mol. The summed E-state index contributed by atoms with van der Waals surface area (Å²) in [6.07, 6.45) is 2.47. The van der Waals surface area contributed by atoms with Gasteiger partial charge in [-0.05, 0) is 12.8 Å². The van der Waals surface area contributed by atoms with Crippen LogP contribution in [0.2, 0.25) is 0 Å². The molecule has 0 atom stereocenters. The van der Waals surface area contributed by atoms with E-state index in [0.717, 1.165) is 0 Å². The standard InChI is InChI=1S/C10H14N6O2/c1-6-13-8(16-18-6)4-12-10-15-14-9(17-10)5-11-7-2-3-7/h7,11H,2-5H2,1H3,(H,12,15). The van der Waals surface area contributed by atoms with Crippen LogP contribution in [0.15, 0.2) is 8.94 Å². The number of hydrogen-bond acceptors (Lipinski definition) is 8. The molecule has 18 heavy (non-hydrogen) atoms. The highest BCUT2D eigenvalue weighted by molar-refractivity contribution is 5.17. The van der Waals surface area contributed by atoms with E-state index in [1.54, 1.807) is 6.92 Å². The van der Waals surface area contributed by atoms with Crippen LogP contribution in [-0.4, -0.2) is 26.4 Å². The summed E-state index contributed by atoms with van der Waals surface area (Å²) < 4.78 is 10.3. The second kappa shape index (κ2) is 4.73. The first-order chi connectivity index (χ1) is 8.79. The zero-order chi connectivity index (χ0) is 12.4. The third-order valence-electron chi connectivity index (χ3n) is 2.55. The summed E-state index contributed by atoms with van der Waals surface area (Å²) in [5, 5.41) is 17.8.